The predicted molar refractivity (Wildman–Crippen MR) is 52.3 cm³/mol. The molecule has 13 heavy (non-hydrogen) atoms. The molecule has 2 N–H and O–H groups in total. The first-order chi connectivity index (χ1) is 5.90. The van der Waals surface area contributed by atoms with Gasteiger partial charge in [-0.05, 0) is 33.8 Å². The van der Waals surface area contributed by atoms with Gasteiger partial charge in [-0.2, -0.15) is 5.10 Å². The van der Waals surface area contributed by atoms with Crippen LogP contribution in [0.4, 0.5) is 0 Å². The Labute approximate surface area is 78.4 Å². The molecule has 0 aromatic heterocycles. The van der Waals surface area contributed by atoms with Gasteiger partial charge in [-0.15, -0.1) is 0 Å². The van der Waals surface area contributed by atoms with E-state index in [9.17, 15) is 4.79 Å². The molecule has 0 atom stereocenters. The minimum atomic E-state index is -0.519. The van der Waals surface area contributed by atoms with Crippen LogP contribution in [-0.2, 0) is 9.53 Å². The number of rotatable bonds is 2. The normalized spacial score (nSPS) is 13.4. The lowest BCUT2D eigenvalue weighted by atomic mass is 10.2. The molecular weight excluding hydrogens is 168 g/mol. The van der Waals surface area contributed by atoms with E-state index >= 15 is 0 Å². The van der Waals surface area contributed by atoms with Crippen molar-refractivity contribution in [1.29, 1.82) is 0 Å². The van der Waals surface area contributed by atoms with E-state index in [1.165, 1.54) is 6.08 Å². The van der Waals surface area contributed by atoms with Crippen LogP contribution in [0.5, 0.6) is 0 Å². The molecule has 74 valence electrons. The van der Waals surface area contributed by atoms with E-state index in [0.29, 0.717) is 0 Å². The summed E-state index contributed by atoms with van der Waals surface area (Å²) >= 11 is 0. The molecule has 0 radical (unpaired) electrons. The maximum atomic E-state index is 11.3. The molecule has 0 saturated carbocycles. The van der Waals surface area contributed by atoms with Gasteiger partial charge in [-0.1, -0.05) is 6.08 Å². The fourth-order valence-corrected chi connectivity index (χ4v) is 0.652. The SMILES string of the molecule is C/C=C\C(=N/N)C(=O)OC(C)(C)C. The van der Waals surface area contributed by atoms with E-state index in [2.05, 4.69) is 5.10 Å². The van der Waals surface area contributed by atoms with Gasteiger partial charge in [0.15, 0.2) is 5.71 Å². The zero-order valence-corrected chi connectivity index (χ0v) is 8.50. The first kappa shape index (κ1) is 11.7. The highest BCUT2D eigenvalue weighted by Gasteiger charge is 2.19. The van der Waals surface area contributed by atoms with Gasteiger partial charge < -0.3 is 10.6 Å². The van der Waals surface area contributed by atoms with Crippen LogP contribution in [0, 0.1) is 0 Å². The van der Waals surface area contributed by atoms with Crippen molar-refractivity contribution in [3.8, 4) is 0 Å². The Morgan fingerprint density at radius 3 is 2.31 bits per heavy atom. The Balaban J connectivity index is 4.42. The maximum absolute atomic E-state index is 11.3. The molecule has 0 unspecified atom stereocenters. The molecule has 0 heterocycles. The van der Waals surface area contributed by atoms with Gasteiger partial charge in [0.25, 0.3) is 0 Å². The monoisotopic (exact) mass is 184 g/mol. The highest BCUT2D eigenvalue weighted by Crippen LogP contribution is 2.07. The predicted octanol–water partition coefficient (Wildman–Crippen LogP) is 1.22. The fraction of sp³-hybridized carbons (Fsp3) is 0.556. The van der Waals surface area contributed by atoms with E-state index in [1.807, 2.05) is 0 Å². The zero-order valence-electron chi connectivity index (χ0n) is 8.50. The van der Waals surface area contributed by atoms with Crippen LogP contribution in [0.3, 0.4) is 0 Å². The lowest BCUT2D eigenvalue weighted by Gasteiger charge is -2.18. The average molecular weight is 184 g/mol. The van der Waals surface area contributed by atoms with Crippen LogP contribution in [0.2, 0.25) is 0 Å². The average Bonchev–Trinajstić information content (AvgIpc) is 1.96. The minimum absolute atomic E-state index is 0.123. The molecule has 0 saturated heterocycles. The summed E-state index contributed by atoms with van der Waals surface area (Å²) in [5.41, 5.74) is -0.397. The summed E-state index contributed by atoms with van der Waals surface area (Å²) in [4.78, 5) is 11.3. The Bertz CT molecular complexity index is 236. The number of carbonyl (C=O) groups is 1. The van der Waals surface area contributed by atoms with E-state index in [-0.39, 0.29) is 5.71 Å². The van der Waals surface area contributed by atoms with Crippen molar-refractivity contribution in [1.82, 2.24) is 0 Å². The molecule has 0 aliphatic carbocycles. The van der Waals surface area contributed by atoms with Crippen LogP contribution in [0.15, 0.2) is 17.3 Å². The summed E-state index contributed by atoms with van der Waals surface area (Å²) < 4.78 is 5.04. The fourth-order valence-electron chi connectivity index (χ4n) is 0.652. The lowest BCUT2D eigenvalue weighted by molar-refractivity contribution is -0.146. The minimum Gasteiger partial charge on any atom is -0.455 e. The van der Waals surface area contributed by atoms with Crippen molar-refractivity contribution >= 4 is 11.7 Å². The standard InChI is InChI=1S/C9H16N2O2/c1-5-6-7(11-10)8(12)13-9(2,3)4/h5-6H,10H2,1-4H3/b6-5-,11-7+. The van der Waals surface area contributed by atoms with E-state index in [4.69, 9.17) is 10.6 Å². The Morgan fingerprint density at radius 1 is 1.46 bits per heavy atom. The van der Waals surface area contributed by atoms with Crippen molar-refractivity contribution in [3.05, 3.63) is 12.2 Å². The Hall–Kier alpha value is -1.32. The highest BCUT2D eigenvalue weighted by atomic mass is 16.6. The third-order valence-electron chi connectivity index (χ3n) is 1.07. The van der Waals surface area contributed by atoms with Crippen molar-refractivity contribution in [3.63, 3.8) is 0 Å². The molecule has 0 bridgehead atoms. The van der Waals surface area contributed by atoms with E-state index < -0.39 is 11.6 Å². The molecule has 0 fully saturated rings. The summed E-state index contributed by atoms with van der Waals surface area (Å²) in [5.74, 6) is 4.51. The maximum Gasteiger partial charge on any atom is 0.359 e. The molecule has 0 spiro atoms. The van der Waals surface area contributed by atoms with Crippen LogP contribution in [0.1, 0.15) is 27.7 Å². The zero-order chi connectivity index (χ0) is 10.5. The third kappa shape index (κ3) is 5.00. The summed E-state index contributed by atoms with van der Waals surface area (Å²) in [5, 5.41) is 3.32. The van der Waals surface area contributed by atoms with Crippen LogP contribution in [-0.4, -0.2) is 17.3 Å². The Kier molecular flexibility index (Phi) is 4.17. The number of esters is 1. The van der Waals surface area contributed by atoms with Gasteiger partial charge in [-0.25, -0.2) is 4.79 Å². The number of nitrogens with zero attached hydrogens (tertiary/aromatic N) is 1. The van der Waals surface area contributed by atoms with Crippen molar-refractivity contribution in [2.24, 2.45) is 10.9 Å². The second kappa shape index (κ2) is 4.64. The first-order valence-electron chi connectivity index (χ1n) is 4.04. The molecule has 0 rings (SSSR count). The number of hydrazone groups is 1. The number of ether oxygens (including phenoxy) is 1. The third-order valence-corrected chi connectivity index (χ3v) is 1.07. The molecule has 0 aliphatic heterocycles. The van der Waals surface area contributed by atoms with Gasteiger partial charge in [0.1, 0.15) is 5.60 Å². The molecule has 0 aromatic carbocycles. The van der Waals surface area contributed by atoms with E-state index in [1.54, 1.807) is 33.8 Å². The number of carbonyl (C=O) groups excluding carboxylic acids is 1. The molecule has 4 nitrogen and oxygen atoms in total. The molecule has 0 aliphatic rings. The highest BCUT2D eigenvalue weighted by molar-refractivity contribution is 6.41. The molecule has 0 aromatic rings. The number of allylic oxidation sites excluding steroid dienone is 1. The summed E-state index contributed by atoms with van der Waals surface area (Å²) in [6.45, 7) is 7.13. The Morgan fingerprint density at radius 2 is 2.00 bits per heavy atom. The van der Waals surface area contributed by atoms with Crippen LogP contribution >= 0.6 is 0 Å². The summed E-state index contributed by atoms with van der Waals surface area (Å²) in [7, 11) is 0. The number of hydrogen-bond acceptors (Lipinski definition) is 4. The van der Waals surface area contributed by atoms with Gasteiger partial charge in [-0.3, -0.25) is 0 Å². The van der Waals surface area contributed by atoms with Crippen molar-refractivity contribution < 1.29 is 9.53 Å². The quantitative estimate of drug-likeness (QED) is 0.304. The summed E-state index contributed by atoms with van der Waals surface area (Å²) in [6, 6.07) is 0. The number of hydrogen-bond donors (Lipinski definition) is 1. The van der Waals surface area contributed by atoms with Gasteiger partial charge in [0.2, 0.25) is 0 Å². The molecular formula is C9H16N2O2. The van der Waals surface area contributed by atoms with Crippen LogP contribution < -0.4 is 5.84 Å². The van der Waals surface area contributed by atoms with Gasteiger partial charge >= 0.3 is 5.97 Å². The van der Waals surface area contributed by atoms with Crippen molar-refractivity contribution in [2.75, 3.05) is 0 Å². The molecule has 0 amide bonds. The first-order valence-corrected chi connectivity index (χ1v) is 4.04. The van der Waals surface area contributed by atoms with E-state index in [0.717, 1.165) is 0 Å². The number of nitrogens with two attached hydrogens (primary N) is 1. The second-order valence-corrected chi connectivity index (χ2v) is 3.52. The second-order valence-electron chi connectivity index (χ2n) is 3.52. The van der Waals surface area contributed by atoms with Crippen LogP contribution in [0.25, 0.3) is 0 Å². The lowest BCUT2D eigenvalue weighted by Crippen LogP contribution is -2.28. The topological polar surface area (TPSA) is 64.7 Å². The smallest absolute Gasteiger partial charge is 0.359 e. The largest absolute Gasteiger partial charge is 0.455 e. The van der Waals surface area contributed by atoms with Crippen molar-refractivity contribution in [2.45, 2.75) is 33.3 Å². The van der Waals surface area contributed by atoms with Gasteiger partial charge in [0, 0.05) is 0 Å². The molecule has 4 heteroatoms. The van der Waals surface area contributed by atoms with Gasteiger partial charge in [0.05, 0.1) is 0 Å². The summed E-state index contributed by atoms with van der Waals surface area (Å²) in [6.07, 6.45) is 3.18.